The lowest BCUT2D eigenvalue weighted by Crippen LogP contribution is -2.60. The Morgan fingerprint density at radius 1 is 0.800 bits per heavy atom. The van der Waals surface area contributed by atoms with Crippen LogP contribution in [0.3, 0.4) is 0 Å². The average molecular weight is 736 g/mol. The van der Waals surface area contributed by atoms with E-state index < -0.39 is 90.1 Å². The van der Waals surface area contributed by atoms with Crippen LogP contribution in [0.25, 0.3) is 10.9 Å². The van der Waals surface area contributed by atoms with Crippen LogP contribution in [0, 0.1) is 11.8 Å². The van der Waals surface area contributed by atoms with Crippen LogP contribution in [0.5, 0.6) is 0 Å². The summed E-state index contributed by atoms with van der Waals surface area (Å²) in [6.07, 6.45) is 0.971. The first-order valence-corrected chi connectivity index (χ1v) is 18.6. The molecule has 1 aliphatic rings. The van der Waals surface area contributed by atoms with Gasteiger partial charge in [-0.2, -0.15) is 0 Å². The molecule has 1 aromatic carbocycles. The van der Waals surface area contributed by atoms with Gasteiger partial charge in [-0.05, 0) is 29.9 Å². The zero-order valence-electron chi connectivity index (χ0n) is 28.2. The predicted octanol–water partition coefficient (Wildman–Crippen LogP) is 0.118. The minimum Gasteiger partial charge on any atom is -0.481 e. The quantitative estimate of drug-likeness (QED) is 0.164. The number of amides is 5. The van der Waals surface area contributed by atoms with Gasteiger partial charge in [-0.25, -0.2) is 4.79 Å². The summed E-state index contributed by atoms with van der Waals surface area (Å²) >= 11 is 0. The molecule has 18 heteroatoms. The summed E-state index contributed by atoms with van der Waals surface area (Å²) in [5.74, 6) is -7.63. The SMILES string of the molecule is CC(C)C[C@@H]1NC(=O)[C@H](Cc2c[nH]c3ccccc23)NC(=O)[C@@H](N)CSSC[C@@H](C(=O)O)NC(=O)[C@H](C(C)C)NC(=O)[C@H](CC(=O)O)NC1=O. The van der Waals surface area contributed by atoms with Gasteiger partial charge in [-0.3, -0.25) is 28.8 Å². The number of aromatic nitrogens is 1. The van der Waals surface area contributed by atoms with Gasteiger partial charge in [0, 0.05) is 35.0 Å². The molecule has 0 radical (unpaired) electrons. The van der Waals surface area contributed by atoms with Crippen molar-refractivity contribution in [1.82, 2.24) is 31.6 Å². The minimum atomic E-state index is -1.66. The summed E-state index contributed by atoms with van der Waals surface area (Å²) < 4.78 is 0. The highest BCUT2D eigenvalue weighted by atomic mass is 33.1. The third kappa shape index (κ3) is 11.7. The number of para-hydroxylation sites is 1. The molecule has 0 saturated carbocycles. The maximum atomic E-state index is 13.9. The van der Waals surface area contributed by atoms with Gasteiger partial charge in [0.1, 0.15) is 30.2 Å². The highest BCUT2D eigenvalue weighted by Gasteiger charge is 2.35. The number of aliphatic carboxylic acids is 2. The molecule has 0 bridgehead atoms. The van der Waals surface area contributed by atoms with Crippen LogP contribution in [0.2, 0.25) is 0 Å². The number of fused-ring (bicyclic) bond motifs is 1. The van der Waals surface area contributed by atoms with Crippen LogP contribution < -0.4 is 32.3 Å². The summed E-state index contributed by atoms with van der Waals surface area (Å²) in [5, 5.41) is 32.8. The summed E-state index contributed by atoms with van der Waals surface area (Å²) in [6, 6.07) is -0.510. The number of carboxylic acids is 2. The predicted molar refractivity (Wildman–Crippen MR) is 189 cm³/mol. The number of benzene rings is 1. The second kappa shape index (κ2) is 18.6. The van der Waals surface area contributed by atoms with E-state index in [9.17, 15) is 43.8 Å². The maximum Gasteiger partial charge on any atom is 0.327 e. The van der Waals surface area contributed by atoms with Crippen LogP contribution in [0.15, 0.2) is 30.5 Å². The van der Waals surface area contributed by atoms with Crippen LogP contribution in [-0.2, 0) is 40.0 Å². The lowest BCUT2D eigenvalue weighted by Gasteiger charge is -2.28. The molecule has 3 rings (SSSR count). The van der Waals surface area contributed by atoms with Gasteiger partial charge in [0.15, 0.2) is 0 Å². The smallest absolute Gasteiger partial charge is 0.327 e. The van der Waals surface area contributed by atoms with Crippen molar-refractivity contribution in [2.75, 3.05) is 11.5 Å². The number of nitrogens with one attached hydrogen (secondary N) is 6. The lowest BCUT2D eigenvalue weighted by atomic mass is 9.99. The Hall–Kier alpha value is -4.29. The Morgan fingerprint density at radius 3 is 2.04 bits per heavy atom. The van der Waals surface area contributed by atoms with Crippen molar-refractivity contribution in [3.05, 3.63) is 36.0 Å². The molecule has 1 aliphatic heterocycles. The van der Waals surface area contributed by atoms with Crippen LogP contribution >= 0.6 is 21.6 Å². The summed E-state index contributed by atoms with van der Waals surface area (Å²) in [6.45, 7) is 6.80. The Morgan fingerprint density at radius 2 is 1.40 bits per heavy atom. The van der Waals surface area contributed by atoms with Crippen molar-refractivity contribution in [3.8, 4) is 0 Å². The van der Waals surface area contributed by atoms with E-state index in [1.807, 2.05) is 24.3 Å². The van der Waals surface area contributed by atoms with Gasteiger partial charge in [0.25, 0.3) is 0 Å². The van der Waals surface area contributed by atoms with E-state index in [-0.39, 0.29) is 30.3 Å². The highest BCUT2D eigenvalue weighted by Crippen LogP contribution is 2.23. The maximum absolute atomic E-state index is 13.9. The van der Waals surface area contributed by atoms with Crippen molar-refractivity contribution in [3.63, 3.8) is 0 Å². The molecule has 2 aromatic rings. The summed E-state index contributed by atoms with van der Waals surface area (Å²) in [7, 11) is 2.15. The van der Waals surface area contributed by atoms with E-state index in [0.717, 1.165) is 32.5 Å². The van der Waals surface area contributed by atoms with Gasteiger partial charge in [0.2, 0.25) is 29.5 Å². The normalized spacial score (nSPS) is 25.3. The monoisotopic (exact) mass is 735 g/mol. The Bertz CT molecular complexity index is 1570. The molecule has 50 heavy (non-hydrogen) atoms. The Balaban J connectivity index is 2.01. The molecule has 10 N–H and O–H groups in total. The van der Waals surface area contributed by atoms with Crippen LogP contribution in [0.1, 0.15) is 46.1 Å². The van der Waals surface area contributed by atoms with E-state index in [1.165, 1.54) is 0 Å². The van der Waals surface area contributed by atoms with Gasteiger partial charge in [0.05, 0.1) is 12.5 Å². The topological polar surface area (TPSA) is 262 Å². The average Bonchev–Trinajstić information content (AvgIpc) is 3.45. The molecule has 16 nitrogen and oxygen atoms in total. The number of nitrogens with two attached hydrogens (primary N) is 1. The molecule has 0 aliphatic carbocycles. The van der Waals surface area contributed by atoms with E-state index in [2.05, 4.69) is 31.6 Å². The highest BCUT2D eigenvalue weighted by molar-refractivity contribution is 8.76. The number of aromatic amines is 1. The zero-order chi connectivity index (χ0) is 37.1. The number of hydrogen-bond donors (Lipinski definition) is 9. The fraction of sp³-hybridized carbons (Fsp3) is 0.531. The third-order valence-corrected chi connectivity index (χ3v) is 10.3. The van der Waals surface area contributed by atoms with Crippen molar-refractivity contribution < 1.29 is 43.8 Å². The van der Waals surface area contributed by atoms with Crippen molar-refractivity contribution in [1.29, 1.82) is 0 Å². The summed E-state index contributed by atoms with van der Waals surface area (Å²) in [4.78, 5) is 94.3. The van der Waals surface area contributed by atoms with Crippen molar-refractivity contribution in [2.45, 2.75) is 83.2 Å². The number of H-pyrrole nitrogens is 1. The fourth-order valence-corrected chi connectivity index (χ4v) is 7.46. The molecular weight excluding hydrogens is 691 g/mol. The van der Waals surface area contributed by atoms with Gasteiger partial charge in [-0.15, -0.1) is 0 Å². The molecule has 2 heterocycles. The lowest BCUT2D eigenvalue weighted by molar-refractivity contribution is -0.143. The molecule has 5 amide bonds. The van der Waals surface area contributed by atoms with E-state index >= 15 is 0 Å². The third-order valence-electron chi connectivity index (χ3n) is 7.85. The van der Waals surface area contributed by atoms with Gasteiger partial charge < -0.3 is 47.5 Å². The first kappa shape index (κ1) is 40.1. The first-order valence-electron chi connectivity index (χ1n) is 16.1. The molecule has 274 valence electrons. The largest absolute Gasteiger partial charge is 0.481 e. The number of rotatable bonds is 8. The Labute approximate surface area is 297 Å². The molecule has 1 saturated heterocycles. The van der Waals surface area contributed by atoms with Gasteiger partial charge in [-0.1, -0.05) is 67.5 Å². The minimum absolute atomic E-state index is 0.0207. The molecule has 6 atom stereocenters. The molecule has 1 aromatic heterocycles. The van der Waals surface area contributed by atoms with Crippen molar-refractivity contribution in [2.24, 2.45) is 17.6 Å². The van der Waals surface area contributed by atoms with Crippen molar-refractivity contribution >= 4 is 74.0 Å². The summed E-state index contributed by atoms with van der Waals surface area (Å²) in [5.41, 5.74) is 7.68. The molecular formula is C32H45N7O9S2. The second-order valence-electron chi connectivity index (χ2n) is 12.8. The standard InChI is InChI=1S/C32H45N7O9S2/c1-15(2)9-21-28(43)37-23(11-25(40)41)30(45)39-26(16(3)4)31(46)38-24(32(47)48)14-50-49-13-19(33)27(42)35-22(29(44)36-21)10-17-12-34-20-8-6-5-7-18(17)20/h5-8,12,15-16,19,21-24,26,34H,9-11,13-14,33H2,1-4H3,(H,35,42)(H,36,44)(H,37,43)(H,38,46)(H,39,45)(H,40,41)(H,47,48)/t19-,21-,22-,23-,24-,26-/m0/s1. The Kier molecular flexibility index (Phi) is 15.0. The van der Waals surface area contributed by atoms with E-state index in [1.54, 1.807) is 33.9 Å². The molecule has 0 spiro atoms. The zero-order valence-corrected chi connectivity index (χ0v) is 29.8. The number of hydrogen-bond acceptors (Lipinski definition) is 10. The fourth-order valence-electron chi connectivity index (χ4n) is 5.18. The number of carbonyl (C=O) groups excluding carboxylic acids is 5. The van der Waals surface area contributed by atoms with Crippen LogP contribution in [0.4, 0.5) is 0 Å². The molecule has 0 unspecified atom stereocenters. The number of carboxylic acid groups (broad SMARTS) is 2. The molecule has 1 fully saturated rings. The second-order valence-corrected chi connectivity index (χ2v) is 15.3. The number of carbonyl (C=O) groups is 7. The van der Waals surface area contributed by atoms with Crippen LogP contribution in [-0.4, -0.2) is 104 Å². The first-order chi connectivity index (χ1) is 23.6. The van der Waals surface area contributed by atoms with E-state index in [4.69, 9.17) is 5.73 Å². The van der Waals surface area contributed by atoms with E-state index in [0.29, 0.717) is 5.56 Å². The van der Waals surface area contributed by atoms with Gasteiger partial charge >= 0.3 is 11.9 Å².